The standard InChI is InChI=1S/C18H19NO5S/c1-22-13-8-9-16(23-2)15(10-13)19-17(20)11-24-18(21)12-25-14-6-4-3-5-7-14/h3-10H,11-12H2,1-2H3,(H,19,20). The topological polar surface area (TPSA) is 73.9 Å². The Morgan fingerprint density at radius 3 is 2.48 bits per heavy atom. The number of carbonyl (C=O) groups is 2. The minimum atomic E-state index is -0.457. The fraction of sp³-hybridized carbons (Fsp3) is 0.222. The van der Waals surface area contributed by atoms with E-state index in [0.717, 1.165) is 4.90 Å². The second-order valence-electron chi connectivity index (χ2n) is 4.88. The number of esters is 1. The average molecular weight is 361 g/mol. The van der Waals surface area contributed by atoms with Crippen LogP contribution in [0.2, 0.25) is 0 Å². The van der Waals surface area contributed by atoms with Crippen LogP contribution in [0.15, 0.2) is 53.4 Å². The van der Waals surface area contributed by atoms with Crippen molar-refractivity contribution in [1.29, 1.82) is 0 Å². The highest BCUT2D eigenvalue weighted by Gasteiger charge is 2.12. The van der Waals surface area contributed by atoms with E-state index in [4.69, 9.17) is 14.2 Å². The molecule has 0 saturated heterocycles. The first-order valence-corrected chi connectivity index (χ1v) is 8.46. The minimum Gasteiger partial charge on any atom is -0.497 e. The van der Waals surface area contributed by atoms with Gasteiger partial charge in [-0.05, 0) is 24.3 Å². The van der Waals surface area contributed by atoms with Gasteiger partial charge in [0.25, 0.3) is 5.91 Å². The van der Waals surface area contributed by atoms with Crippen molar-refractivity contribution in [3.05, 3.63) is 48.5 Å². The van der Waals surface area contributed by atoms with Crippen molar-refractivity contribution in [2.24, 2.45) is 0 Å². The van der Waals surface area contributed by atoms with E-state index >= 15 is 0 Å². The van der Waals surface area contributed by atoms with Crippen molar-refractivity contribution in [2.45, 2.75) is 4.90 Å². The summed E-state index contributed by atoms with van der Waals surface area (Å²) in [5, 5.41) is 2.64. The van der Waals surface area contributed by atoms with Crippen molar-refractivity contribution in [3.8, 4) is 11.5 Å². The summed E-state index contributed by atoms with van der Waals surface area (Å²) in [5.74, 6) is 0.290. The van der Waals surface area contributed by atoms with Crippen LogP contribution in [0.3, 0.4) is 0 Å². The number of hydrogen-bond acceptors (Lipinski definition) is 6. The Bertz CT molecular complexity index is 721. The molecule has 0 bridgehead atoms. The van der Waals surface area contributed by atoms with E-state index in [0.29, 0.717) is 17.2 Å². The van der Waals surface area contributed by atoms with Gasteiger partial charge in [0.2, 0.25) is 0 Å². The second-order valence-corrected chi connectivity index (χ2v) is 5.93. The highest BCUT2D eigenvalue weighted by atomic mass is 32.2. The number of rotatable bonds is 8. The first-order valence-electron chi connectivity index (χ1n) is 7.47. The van der Waals surface area contributed by atoms with Gasteiger partial charge < -0.3 is 19.5 Å². The SMILES string of the molecule is COc1ccc(OC)c(NC(=O)COC(=O)CSc2ccccc2)c1. The lowest BCUT2D eigenvalue weighted by molar-refractivity contribution is -0.144. The van der Waals surface area contributed by atoms with Crippen LogP contribution >= 0.6 is 11.8 Å². The molecule has 0 radical (unpaired) electrons. The first-order chi connectivity index (χ1) is 12.1. The predicted octanol–water partition coefficient (Wildman–Crippen LogP) is 2.98. The van der Waals surface area contributed by atoms with Crippen LogP contribution in [0.4, 0.5) is 5.69 Å². The Morgan fingerprint density at radius 2 is 1.80 bits per heavy atom. The number of nitrogens with one attached hydrogen (secondary N) is 1. The van der Waals surface area contributed by atoms with Gasteiger partial charge in [0.1, 0.15) is 11.5 Å². The van der Waals surface area contributed by atoms with Crippen LogP contribution in [0.25, 0.3) is 0 Å². The van der Waals surface area contributed by atoms with Crippen LogP contribution in [-0.4, -0.2) is 38.5 Å². The third-order valence-electron chi connectivity index (χ3n) is 3.14. The van der Waals surface area contributed by atoms with Gasteiger partial charge in [0, 0.05) is 11.0 Å². The molecule has 1 amide bonds. The molecule has 132 valence electrons. The third-order valence-corrected chi connectivity index (χ3v) is 4.13. The van der Waals surface area contributed by atoms with Crippen molar-refractivity contribution in [2.75, 3.05) is 31.9 Å². The summed E-state index contributed by atoms with van der Waals surface area (Å²) < 4.78 is 15.3. The molecule has 25 heavy (non-hydrogen) atoms. The highest BCUT2D eigenvalue weighted by molar-refractivity contribution is 8.00. The van der Waals surface area contributed by atoms with Crippen molar-refractivity contribution < 1.29 is 23.8 Å². The number of ether oxygens (including phenoxy) is 3. The van der Waals surface area contributed by atoms with Crippen LogP contribution in [0, 0.1) is 0 Å². The maximum atomic E-state index is 12.0. The van der Waals surface area contributed by atoms with Gasteiger partial charge in [0.05, 0.1) is 25.7 Å². The van der Waals surface area contributed by atoms with Crippen LogP contribution in [-0.2, 0) is 14.3 Å². The molecule has 0 aliphatic heterocycles. The fourth-order valence-electron chi connectivity index (χ4n) is 1.94. The van der Waals surface area contributed by atoms with E-state index in [2.05, 4.69) is 5.32 Å². The Morgan fingerprint density at radius 1 is 1.04 bits per heavy atom. The molecule has 0 aromatic heterocycles. The van der Waals surface area contributed by atoms with E-state index in [9.17, 15) is 9.59 Å². The number of hydrogen-bond donors (Lipinski definition) is 1. The maximum absolute atomic E-state index is 12.0. The molecule has 0 saturated carbocycles. The van der Waals surface area contributed by atoms with Crippen LogP contribution in [0.1, 0.15) is 0 Å². The Kier molecular flexibility index (Phi) is 7.16. The summed E-state index contributed by atoms with van der Waals surface area (Å²) in [5.41, 5.74) is 0.446. The lowest BCUT2D eigenvalue weighted by Crippen LogP contribution is -2.22. The van der Waals surface area contributed by atoms with Crippen LogP contribution in [0.5, 0.6) is 11.5 Å². The average Bonchev–Trinajstić information content (AvgIpc) is 2.65. The fourth-order valence-corrected chi connectivity index (χ4v) is 2.66. The summed E-state index contributed by atoms with van der Waals surface area (Å²) in [6.45, 7) is -0.367. The number of anilines is 1. The van der Waals surface area contributed by atoms with Gasteiger partial charge in [-0.1, -0.05) is 18.2 Å². The second kappa shape index (κ2) is 9.58. The Hall–Kier alpha value is -2.67. The van der Waals surface area contributed by atoms with Crippen molar-refractivity contribution in [3.63, 3.8) is 0 Å². The zero-order valence-corrected chi connectivity index (χ0v) is 14.8. The number of amides is 1. The van der Waals surface area contributed by atoms with Crippen molar-refractivity contribution >= 4 is 29.3 Å². The molecular weight excluding hydrogens is 342 g/mol. The van der Waals surface area contributed by atoms with Gasteiger partial charge in [0.15, 0.2) is 6.61 Å². The third kappa shape index (κ3) is 6.04. The summed E-state index contributed by atoms with van der Waals surface area (Å²) in [6, 6.07) is 14.5. The molecule has 2 rings (SSSR count). The molecule has 0 unspecified atom stereocenters. The van der Waals surface area contributed by atoms with Gasteiger partial charge in [-0.25, -0.2) is 0 Å². The highest BCUT2D eigenvalue weighted by Crippen LogP contribution is 2.28. The first kappa shape index (κ1) is 18.7. The molecule has 6 nitrogen and oxygen atoms in total. The zero-order chi connectivity index (χ0) is 18.1. The molecule has 0 aliphatic rings. The zero-order valence-electron chi connectivity index (χ0n) is 14.0. The number of benzene rings is 2. The molecule has 2 aromatic carbocycles. The predicted molar refractivity (Wildman–Crippen MR) is 96.3 cm³/mol. The number of methoxy groups -OCH3 is 2. The molecule has 2 aromatic rings. The summed E-state index contributed by atoms with van der Waals surface area (Å²) in [6.07, 6.45) is 0. The lowest BCUT2D eigenvalue weighted by atomic mass is 10.2. The lowest BCUT2D eigenvalue weighted by Gasteiger charge is -2.12. The largest absolute Gasteiger partial charge is 0.497 e. The monoisotopic (exact) mass is 361 g/mol. The number of thioether (sulfide) groups is 1. The summed E-state index contributed by atoms with van der Waals surface area (Å²) >= 11 is 1.35. The van der Waals surface area contributed by atoms with E-state index in [-0.39, 0.29) is 12.4 Å². The summed E-state index contributed by atoms with van der Waals surface area (Å²) in [4.78, 5) is 24.7. The van der Waals surface area contributed by atoms with Gasteiger partial charge >= 0.3 is 5.97 Å². The van der Waals surface area contributed by atoms with Gasteiger partial charge in [-0.3, -0.25) is 9.59 Å². The molecule has 0 atom stereocenters. The molecular formula is C18H19NO5S. The maximum Gasteiger partial charge on any atom is 0.316 e. The smallest absolute Gasteiger partial charge is 0.316 e. The number of carbonyl (C=O) groups excluding carboxylic acids is 2. The van der Waals surface area contributed by atoms with Gasteiger partial charge in [-0.2, -0.15) is 0 Å². The van der Waals surface area contributed by atoms with Gasteiger partial charge in [-0.15, -0.1) is 11.8 Å². The molecule has 0 aliphatic carbocycles. The van der Waals surface area contributed by atoms with E-state index < -0.39 is 11.9 Å². The quantitative estimate of drug-likeness (QED) is 0.576. The molecule has 0 fully saturated rings. The van der Waals surface area contributed by atoms with E-state index in [1.165, 1.54) is 26.0 Å². The van der Waals surface area contributed by atoms with E-state index in [1.54, 1.807) is 18.2 Å². The van der Waals surface area contributed by atoms with Crippen molar-refractivity contribution in [1.82, 2.24) is 0 Å². The Balaban J connectivity index is 1.81. The minimum absolute atomic E-state index is 0.139. The van der Waals surface area contributed by atoms with E-state index in [1.807, 2.05) is 30.3 Å². The summed E-state index contributed by atoms with van der Waals surface area (Å²) in [7, 11) is 3.03. The molecule has 7 heteroatoms. The molecule has 1 N–H and O–H groups in total. The Labute approximate surface area is 150 Å². The molecule has 0 spiro atoms. The van der Waals surface area contributed by atoms with Crippen LogP contribution < -0.4 is 14.8 Å². The normalized spacial score (nSPS) is 10.0. The molecule has 0 heterocycles.